The molecule has 0 bridgehead atoms. The summed E-state index contributed by atoms with van der Waals surface area (Å²) in [5.74, 6) is 0.161. The van der Waals surface area contributed by atoms with E-state index < -0.39 is 0 Å². The topological polar surface area (TPSA) is 17.1 Å². The van der Waals surface area contributed by atoms with Gasteiger partial charge < -0.3 is 12.4 Å². The summed E-state index contributed by atoms with van der Waals surface area (Å²) in [5, 5.41) is 0. The zero-order valence-electron chi connectivity index (χ0n) is 11.9. The Morgan fingerprint density at radius 2 is 1.53 bits per heavy atom. The van der Waals surface area contributed by atoms with Crippen LogP contribution in [0.4, 0.5) is 0 Å². The lowest BCUT2D eigenvalue weighted by Gasteiger charge is -2.26. The molecule has 0 unspecified atom stereocenters. The summed E-state index contributed by atoms with van der Waals surface area (Å²) >= 11 is 0. The smallest absolute Gasteiger partial charge is 0.340 e. The van der Waals surface area contributed by atoms with Crippen molar-refractivity contribution in [3.05, 3.63) is 12.2 Å². The Balaban J connectivity index is 0. The van der Waals surface area contributed by atoms with Gasteiger partial charge in [0.1, 0.15) is 0 Å². The highest BCUT2D eigenvalue weighted by molar-refractivity contribution is 5.86. The average molecular weight is 262 g/mol. The maximum absolute atomic E-state index is 11.8. The molecular weight excluding hydrogens is 234 g/mol. The summed E-state index contributed by atoms with van der Waals surface area (Å²) in [6.45, 7) is 8.68. The largest absolute Gasteiger partial charge is 1.00 e. The lowest BCUT2D eigenvalue weighted by molar-refractivity contribution is -0.812. The summed E-state index contributed by atoms with van der Waals surface area (Å²) in [6.07, 6.45) is 7.63. The van der Waals surface area contributed by atoms with E-state index in [0.29, 0.717) is 10.1 Å². The van der Waals surface area contributed by atoms with E-state index in [1.165, 1.54) is 32.1 Å². The summed E-state index contributed by atoms with van der Waals surface area (Å²) in [5.41, 5.74) is 0.663. The summed E-state index contributed by atoms with van der Waals surface area (Å²) in [4.78, 5) is 11.8. The molecule has 0 aliphatic carbocycles. The molecule has 3 heteroatoms. The summed E-state index contributed by atoms with van der Waals surface area (Å²) < 4.78 is 0.448. The number of nitrogens with zero attached hydrogens (tertiary/aromatic N) is 1. The first-order valence-corrected chi connectivity index (χ1v) is 6.45. The van der Waals surface area contributed by atoms with E-state index in [0.717, 1.165) is 13.0 Å². The van der Waals surface area contributed by atoms with Crippen LogP contribution in [0.5, 0.6) is 0 Å². The second-order valence-corrected chi connectivity index (χ2v) is 5.26. The maximum atomic E-state index is 11.8. The standard InChI is InChI=1S/C14H28NO.ClH/c1-6-7-8-9-10-11-12-15(4,5)14(16)13(2)3;/h2,6-12H2,1,3-5H3;1H/q+1;/p-1. The lowest BCUT2D eigenvalue weighted by Crippen LogP contribution is -3.00. The Kier molecular flexibility index (Phi) is 10.8. The molecule has 0 N–H and O–H groups in total. The molecule has 0 fully saturated rings. The molecule has 0 heterocycles. The van der Waals surface area contributed by atoms with E-state index in [1.807, 2.05) is 14.1 Å². The van der Waals surface area contributed by atoms with Gasteiger partial charge in [-0.2, -0.15) is 0 Å². The molecule has 0 saturated carbocycles. The number of halogens is 1. The van der Waals surface area contributed by atoms with Crippen molar-refractivity contribution in [3.63, 3.8) is 0 Å². The number of rotatable bonds is 8. The first-order chi connectivity index (χ1) is 7.41. The van der Waals surface area contributed by atoms with Gasteiger partial charge in [-0.1, -0.05) is 39.2 Å². The first-order valence-electron chi connectivity index (χ1n) is 6.45. The van der Waals surface area contributed by atoms with E-state index in [9.17, 15) is 4.79 Å². The van der Waals surface area contributed by atoms with Crippen LogP contribution in [0.15, 0.2) is 12.2 Å². The van der Waals surface area contributed by atoms with E-state index in [-0.39, 0.29) is 18.3 Å². The molecule has 0 aromatic rings. The quantitative estimate of drug-likeness (QED) is 0.354. The van der Waals surface area contributed by atoms with Gasteiger partial charge >= 0.3 is 5.91 Å². The van der Waals surface area contributed by atoms with Crippen molar-refractivity contribution in [2.75, 3.05) is 20.6 Å². The van der Waals surface area contributed by atoms with Crippen LogP contribution < -0.4 is 12.4 Å². The third kappa shape index (κ3) is 8.39. The molecule has 0 aromatic carbocycles. The Morgan fingerprint density at radius 1 is 1.06 bits per heavy atom. The Morgan fingerprint density at radius 3 is 2.00 bits per heavy atom. The maximum Gasteiger partial charge on any atom is 0.340 e. The van der Waals surface area contributed by atoms with Crippen molar-refractivity contribution in [1.29, 1.82) is 0 Å². The molecular formula is C14H28ClNO. The minimum absolute atomic E-state index is 0. The van der Waals surface area contributed by atoms with Gasteiger partial charge in [-0.25, -0.2) is 4.79 Å². The molecule has 0 aromatic heterocycles. The van der Waals surface area contributed by atoms with Gasteiger partial charge in [-0.15, -0.1) is 0 Å². The van der Waals surface area contributed by atoms with Crippen LogP contribution in [0.1, 0.15) is 52.4 Å². The third-order valence-corrected chi connectivity index (χ3v) is 2.99. The molecule has 0 radical (unpaired) electrons. The minimum atomic E-state index is 0. The molecule has 0 saturated heterocycles. The van der Waals surface area contributed by atoms with Crippen LogP contribution in [-0.2, 0) is 4.79 Å². The number of amides is 1. The SMILES string of the molecule is C=C(C)C(=O)[N+](C)(C)CCCCCCCC.[Cl-]. The molecule has 17 heavy (non-hydrogen) atoms. The van der Waals surface area contributed by atoms with Gasteiger partial charge in [0, 0.05) is 5.57 Å². The third-order valence-electron chi connectivity index (χ3n) is 2.99. The van der Waals surface area contributed by atoms with Crippen LogP contribution in [-0.4, -0.2) is 31.0 Å². The number of quaternary nitrogens is 1. The fourth-order valence-electron chi connectivity index (χ4n) is 1.91. The van der Waals surface area contributed by atoms with E-state index in [4.69, 9.17) is 0 Å². The Hall–Kier alpha value is -0.340. The second-order valence-electron chi connectivity index (χ2n) is 5.26. The predicted molar refractivity (Wildman–Crippen MR) is 70.2 cm³/mol. The zero-order valence-corrected chi connectivity index (χ0v) is 12.6. The number of unbranched alkanes of at least 4 members (excludes halogenated alkanes) is 5. The van der Waals surface area contributed by atoms with Gasteiger partial charge in [0.05, 0.1) is 20.6 Å². The number of hydrogen-bond donors (Lipinski definition) is 0. The number of hydrogen-bond acceptors (Lipinski definition) is 1. The van der Waals surface area contributed by atoms with E-state index in [2.05, 4.69) is 13.5 Å². The van der Waals surface area contributed by atoms with Crippen molar-refractivity contribution in [2.24, 2.45) is 0 Å². The van der Waals surface area contributed by atoms with E-state index >= 15 is 0 Å². The van der Waals surface area contributed by atoms with Crippen LogP contribution in [0, 0.1) is 0 Å². The fourth-order valence-corrected chi connectivity index (χ4v) is 1.91. The fraction of sp³-hybridized carbons (Fsp3) is 0.786. The highest BCUT2D eigenvalue weighted by Gasteiger charge is 2.25. The number of carbonyl (C=O) groups is 1. The zero-order chi connectivity index (χ0) is 12.6. The number of likely N-dealkylation sites (N-methyl/N-ethyl adjacent to an activating group) is 1. The van der Waals surface area contributed by atoms with Crippen LogP contribution >= 0.6 is 0 Å². The lowest BCUT2D eigenvalue weighted by atomic mass is 10.1. The normalized spacial score (nSPS) is 10.8. The second kappa shape index (κ2) is 9.67. The van der Waals surface area contributed by atoms with Crippen molar-refractivity contribution >= 4 is 5.91 Å². The van der Waals surface area contributed by atoms with Crippen molar-refractivity contribution < 1.29 is 21.7 Å². The molecule has 0 atom stereocenters. The van der Waals surface area contributed by atoms with Crippen molar-refractivity contribution in [3.8, 4) is 0 Å². The monoisotopic (exact) mass is 261 g/mol. The molecule has 0 rings (SSSR count). The molecule has 0 aliphatic rings. The minimum Gasteiger partial charge on any atom is -1.00 e. The van der Waals surface area contributed by atoms with Crippen molar-refractivity contribution in [2.45, 2.75) is 52.4 Å². The molecule has 2 nitrogen and oxygen atoms in total. The molecule has 1 amide bonds. The van der Waals surface area contributed by atoms with Crippen LogP contribution in [0.2, 0.25) is 0 Å². The van der Waals surface area contributed by atoms with Gasteiger partial charge in [0.25, 0.3) is 0 Å². The highest BCUT2D eigenvalue weighted by Crippen LogP contribution is 2.10. The molecule has 0 spiro atoms. The summed E-state index contributed by atoms with van der Waals surface area (Å²) in [7, 11) is 3.95. The Labute approximate surface area is 113 Å². The van der Waals surface area contributed by atoms with Crippen molar-refractivity contribution in [1.82, 2.24) is 0 Å². The highest BCUT2D eigenvalue weighted by atomic mass is 35.5. The van der Waals surface area contributed by atoms with E-state index in [1.54, 1.807) is 6.92 Å². The molecule has 102 valence electrons. The van der Waals surface area contributed by atoms with Gasteiger partial charge in [0.15, 0.2) is 0 Å². The average Bonchev–Trinajstić information content (AvgIpc) is 2.22. The number of carbonyl (C=O) groups excluding carboxylic acids is 1. The first kappa shape index (κ1) is 19.0. The van der Waals surface area contributed by atoms with Crippen LogP contribution in [0.25, 0.3) is 0 Å². The summed E-state index contributed by atoms with van der Waals surface area (Å²) in [6, 6.07) is 0. The predicted octanol–water partition coefficient (Wildman–Crippen LogP) is 0.530. The van der Waals surface area contributed by atoms with Crippen LogP contribution in [0.3, 0.4) is 0 Å². The van der Waals surface area contributed by atoms with Gasteiger partial charge in [-0.05, 0) is 19.8 Å². The van der Waals surface area contributed by atoms with Gasteiger partial charge in [-0.3, -0.25) is 4.48 Å². The molecule has 0 aliphatic heterocycles. The Bertz CT molecular complexity index is 236. The van der Waals surface area contributed by atoms with Gasteiger partial charge in [0.2, 0.25) is 0 Å².